The van der Waals surface area contributed by atoms with E-state index in [-0.39, 0.29) is 11.8 Å². The Kier molecular flexibility index (Phi) is 5.07. The van der Waals surface area contributed by atoms with E-state index in [4.69, 9.17) is 0 Å². The number of nitrogens with one attached hydrogen (secondary N) is 1. The Balaban J connectivity index is 1.55. The molecule has 1 N–H and O–H groups in total. The average Bonchev–Trinajstić information content (AvgIpc) is 3.28. The van der Waals surface area contributed by atoms with E-state index in [1.54, 1.807) is 11.3 Å². The van der Waals surface area contributed by atoms with Gasteiger partial charge in [0.05, 0.1) is 10.6 Å². The first kappa shape index (κ1) is 16.1. The molecule has 3 heterocycles. The van der Waals surface area contributed by atoms with Crippen LogP contribution in [-0.4, -0.2) is 41.3 Å². The van der Waals surface area contributed by atoms with Gasteiger partial charge in [0.1, 0.15) is 9.88 Å². The van der Waals surface area contributed by atoms with Crippen LogP contribution in [0.15, 0.2) is 17.5 Å². The third kappa shape index (κ3) is 3.79. The predicted molar refractivity (Wildman–Crippen MR) is 92.9 cm³/mol. The Hall–Kier alpha value is -1.73. The summed E-state index contributed by atoms with van der Waals surface area (Å²) in [6.07, 6.45) is 2.54. The monoisotopic (exact) mass is 349 g/mol. The van der Waals surface area contributed by atoms with Crippen LogP contribution in [0.5, 0.6) is 0 Å². The van der Waals surface area contributed by atoms with Crippen molar-refractivity contribution in [2.45, 2.75) is 26.2 Å². The summed E-state index contributed by atoms with van der Waals surface area (Å²) in [5, 5.41) is 5.71. The van der Waals surface area contributed by atoms with Gasteiger partial charge >= 0.3 is 0 Å². The number of hydrogen-bond acceptors (Lipinski definition) is 5. The predicted octanol–water partition coefficient (Wildman–Crippen LogP) is 2.92. The van der Waals surface area contributed by atoms with E-state index in [1.165, 1.54) is 11.3 Å². The van der Waals surface area contributed by atoms with Gasteiger partial charge in [0, 0.05) is 26.1 Å². The van der Waals surface area contributed by atoms with Crippen molar-refractivity contribution in [3.05, 3.63) is 28.1 Å². The highest BCUT2D eigenvalue weighted by atomic mass is 32.1. The Bertz CT molecular complexity index is 688. The molecule has 2 aromatic rings. The third-order valence-corrected chi connectivity index (χ3v) is 6.01. The van der Waals surface area contributed by atoms with E-state index in [0.29, 0.717) is 17.8 Å². The maximum Gasteiger partial charge on any atom is 0.263 e. The van der Waals surface area contributed by atoms with Crippen molar-refractivity contribution in [3.63, 3.8) is 0 Å². The Morgan fingerprint density at radius 1 is 1.35 bits per heavy atom. The highest BCUT2D eigenvalue weighted by molar-refractivity contribution is 7.22. The minimum atomic E-state index is -0.142. The van der Waals surface area contributed by atoms with Gasteiger partial charge in [-0.1, -0.05) is 6.07 Å². The number of nitrogens with zero attached hydrogens (tertiary/aromatic N) is 2. The van der Waals surface area contributed by atoms with E-state index in [2.05, 4.69) is 10.3 Å². The van der Waals surface area contributed by atoms with Crippen molar-refractivity contribution in [2.75, 3.05) is 19.6 Å². The van der Waals surface area contributed by atoms with Crippen LogP contribution in [0.2, 0.25) is 0 Å². The Morgan fingerprint density at radius 3 is 2.83 bits per heavy atom. The minimum Gasteiger partial charge on any atom is -0.351 e. The molecule has 0 radical (unpaired) electrons. The van der Waals surface area contributed by atoms with Crippen molar-refractivity contribution >= 4 is 34.5 Å². The molecule has 0 aromatic carbocycles. The molecule has 2 aromatic heterocycles. The van der Waals surface area contributed by atoms with E-state index in [9.17, 15) is 9.59 Å². The van der Waals surface area contributed by atoms with Gasteiger partial charge in [0.25, 0.3) is 5.91 Å². The van der Waals surface area contributed by atoms with Crippen molar-refractivity contribution < 1.29 is 9.59 Å². The van der Waals surface area contributed by atoms with E-state index >= 15 is 0 Å². The fourth-order valence-corrected chi connectivity index (χ4v) is 4.38. The molecule has 1 saturated heterocycles. The molecule has 23 heavy (non-hydrogen) atoms. The van der Waals surface area contributed by atoms with Crippen molar-refractivity contribution in [2.24, 2.45) is 0 Å². The van der Waals surface area contributed by atoms with Crippen LogP contribution in [0.1, 0.15) is 34.6 Å². The smallest absolute Gasteiger partial charge is 0.263 e. The molecule has 5 nitrogen and oxygen atoms in total. The standard InChI is InChI=1S/C16H19N3O2S2/c1-11-14(23-16(18-11)12-5-4-10-22-12)15(21)17-7-6-13(20)19-8-2-3-9-19/h4-5,10H,2-3,6-9H2,1H3,(H,17,21). The summed E-state index contributed by atoms with van der Waals surface area (Å²) in [4.78, 5) is 32.3. The number of rotatable bonds is 5. The maximum atomic E-state index is 12.3. The van der Waals surface area contributed by atoms with Crippen molar-refractivity contribution in [3.8, 4) is 9.88 Å². The maximum absolute atomic E-state index is 12.3. The fraction of sp³-hybridized carbons (Fsp3) is 0.438. The van der Waals surface area contributed by atoms with Crippen LogP contribution < -0.4 is 5.32 Å². The fourth-order valence-electron chi connectivity index (χ4n) is 2.60. The molecule has 0 bridgehead atoms. The molecule has 122 valence electrons. The van der Waals surface area contributed by atoms with Gasteiger partial charge in [-0.25, -0.2) is 4.98 Å². The summed E-state index contributed by atoms with van der Waals surface area (Å²) in [5.41, 5.74) is 0.738. The highest BCUT2D eigenvalue weighted by Gasteiger charge is 2.19. The van der Waals surface area contributed by atoms with E-state index in [0.717, 1.165) is 41.5 Å². The zero-order valence-corrected chi connectivity index (χ0v) is 14.6. The molecule has 2 amide bonds. The molecule has 7 heteroatoms. The highest BCUT2D eigenvalue weighted by Crippen LogP contribution is 2.30. The van der Waals surface area contributed by atoms with Crippen molar-refractivity contribution in [1.82, 2.24) is 15.2 Å². The topological polar surface area (TPSA) is 62.3 Å². The minimum absolute atomic E-state index is 0.128. The van der Waals surface area contributed by atoms with E-state index in [1.807, 2.05) is 29.3 Å². The molecule has 0 atom stereocenters. The number of likely N-dealkylation sites (tertiary alicyclic amines) is 1. The van der Waals surface area contributed by atoms with Gasteiger partial charge in [0.2, 0.25) is 5.91 Å². The quantitative estimate of drug-likeness (QED) is 0.903. The first-order valence-electron chi connectivity index (χ1n) is 7.72. The third-order valence-electron chi connectivity index (χ3n) is 3.82. The van der Waals surface area contributed by atoms with Gasteiger partial charge in [-0.05, 0) is 31.2 Å². The first-order chi connectivity index (χ1) is 11.1. The second-order valence-corrected chi connectivity index (χ2v) is 7.45. The zero-order valence-electron chi connectivity index (χ0n) is 13.0. The van der Waals surface area contributed by atoms with Gasteiger partial charge < -0.3 is 10.2 Å². The van der Waals surface area contributed by atoms with Crippen LogP contribution in [0, 0.1) is 6.92 Å². The molecular weight excluding hydrogens is 330 g/mol. The summed E-state index contributed by atoms with van der Waals surface area (Å²) in [5.74, 6) is -0.0138. The number of aryl methyl sites for hydroxylation is 1. The summed E-state index contributed by atoms with van der Waals surface area (Å²) in [6, 6.07) is 3.97. The molecule has 1 aliphatic rings. The first-order valence-corrected chi connectivity index (χ1v) is 9.42. The second kappa shape index (κ2) is 7.23. The second-order valence-electron chi connectivity index (χ2n) is 5.50. The van der Waals surface area contributed by atoms with Gasteiger partial charge in [-0.15, -0.1) is 22.7 Å². The van der Waals surface area contributed by atoms with Crippen LogP contribution in [0.3, 0.4) is 0 Å². The Morgan fingerprint density at radius 2 is 2.13 bits per heavy atom. The number of aromatic nitrogens is 1. The lowest BCUT2D eigenvalue weighted by Crippen LogP contribution is -2.32. The van der Waals surface area contributed by atoms with Gasteiger partial charge in [-0.3, -0.25) is 9.59 Å². The zero-order chi connectivity index (χ0) is 16.2. The van der Waals surface area contributed by atoms with Crippen LogP contribution in [-0.2, 0) is 4.79 Å². The molecule has 3 rings (SSSR count). The lowest BCUT2D eigenvalue weighted by atomic mass is 10.3. The van der Waals surface area contributed by atoms with Crippen LogP contribution >= 0.6 is 22.7 Å². The average molecular weight is 349 g/mol. The molecule has 0 saturated carbocycles. The van der Waals surface area contributed by atoms with Gasteiger partial charge in [-0.2, -0.15) is 0 Å². The number of carbonyl (C=O) groups excluding carboxylic acids is 2. The number of amides is 2. The number of hydrogen-bond donors (Lipinski definition) is 1. The lowest BCUT2D eigenvalue weighted by Gasteiger charge is -2.15. The van der Waals surface area contributed by atoms with Crippen molar-refractivity contribution in [1.29, 1.82) is 0 Å². The Labute approximate surface area is 143 Å². The van der Waals surface area contributed by atoms with E-state index < -0.39 is 0 Å². The summed E-state index contributed by atoms with van der Waals surface area (Å²) >= 11 is 3.01. The SMILES string of the molecule is Cc1nc(-c2cccs2)sc1C(=O)NCCC(=O)N1CCCC1. The summed E-state index contributed by atoms with van der Waals surface area (Å²) in [6.45, 7) is 3.92. The van der Waals surface area contributed by atoms with Crippen LogP contribution in [0.25, 0.3) is 9.88 Å². The largest absolute Gasteiger partial charge is 0.351 e. The van der Waals surface area contributed by atoms with Gasteiger partial charge in [0.15, 0.2) is 0 Å². The van der Waals surface area contributed by atoms with Crippen LogP contribution in [0.4, 0.5) is 0 Å². The molecule has 0 spiro atoms. The number of thiazole rings is 1. The normalized spacial score (nSPS) is 14.2. The summed E-state index contributed by atoms with van der Waals surface area (Å²) < 4.78 is 0. The number of thiophene rings is 1. The molecular formula is C16H19N3O2S2. The molecule has 0 aliphatic carbocycles. The lowest BCUT2D eigenvalue weighted by molar-refractivity contribution is -0.129. The molecule has 0 unspecified atom stereocenters. The molecule has 1 aliphatic heterocycles. The number of carbonyl (C=O) groups is 2. The summed E-state index contributed by atoms with van der Waals surface area (Å²) in [7, 11) is 0. The molecule has 1 fully saturated rings.